The van der Waals surface area contributed by atoms with Gasteiger partial charge in [0.25, 0.3) is 0 Å². The molecule has 2 aromatic heterocycles. The summed E-state index contributed by atoms with van der Waals surface area (Å²) in [5.74, 6) is 0. The minimum Gasteiger partial charge on any atom is -0.296 e. The van der Waals surface area contributed by atoms with E-state index in [4.69, 9.17) is 10.2 Å². The van der Waals surface area contributed by atoms with Gasteiger partial charge in [0.1, 0.15) is 5.69 Å². The summed E-state index contributed by atoms with van der Waals surface area (Å²) in [7, 11) is 0. The SMILES string of the molecule is N#Cc1ccc(-c2nc3ccccc3n3ccnc23)cc1. The highest BCUT2D eigenvalue weighted by atomic mass is 15.0. The van der Waals surface area contributed by atoms with E-state index in [1.807, 2.05) is 47.0 Å². The van der Waals surface area contributed by atoms with Gasteiger partial charge in [-0.2, -0.15) is 5.26 Å². The zero-order valence-corrected chi connectivity index (χ0v) is 11.1. The van der Waals surface area contributed by atoms with Gasteiger partial charge in [-0.15, -0.1) is 0 Å². The topological polar surface area (TPSA) is 54.0 Å². The van der Waals surface area contributed by atoms with Crippen LogP contribution in [-0.4, -0.2) is 14.4 Å². The molecule has 0 saturated carbocycles. The number of nitriles is 1. The van der Waals surface area contributed by atoms with E-state index in [0.717, 1.165) is 27.9 Å². The summed E-state index contributed by atoms with van der Waals surface area (Å²) in [4.78, 5) is 9.16. The van der Waals surface area contributed by atoms with E-state index in [9.17, 15) is 0 Å². The summed E-state index contributed by atoms with van der Waals surface area (Å²) in [5.41, 5.74) is 5.18. The number of aromatic nitrogens is 3. The Morgan fingerprint density at radius 3 is 2.62 bits per heavy atom. The van der Waals surface area contributed by atoms with E-state index in [1.54, 1.807) is 18.3 Å². The summed E-state index contributed by atoms with van der Waals surface area (Å²) < 4.78 is 2.04. The van der Waals surface area contributed by atoms with Crippen LogP contribution in [0, 0.1) is 11.3 Å². The fraction of sp³-hybridized carbons (Fsp3) is 0. The molecule has 98 valence electrons. The second-order valence-corrected chi connectivity index (χ2v) is 4.76. The second-order valence-electron chi connectivity index (χ2n) is 4.76. The fourth-order valence-corrected chi connectivity index (χ4v) is 2.50. The van der Waals surface area contributed by atoms with Gasteiger partial charge < -0.3 is 0 Å². The molecule has 4 rings (SSSR count). The first-order valence-electron chi connectivity index (χ1n) is 6.59. The molecule has 0 aliphatic heterocycles. The molecule has 0 aliphatic rings. The van der Waals surface area contributed by atoms with Gasteiger partial charge in [0, 0.05) is 18.0 Å². The maximum atomic E-state index is 8.90. The highest BCUT2D eigenvalue weighted by molar-refractivity contribution is 5.85. The Bertz CT molecular complexity index is 991. The molecule has 0 fully saturated rings. The summed E-state index contributed by atoms with van der Waals surface area (Å²) >= 11 is 0. The molecule has 0 amide bonds. The van der Waals surface area contributed by atoms with Crippen LogP contribution in [0.1, 0.15) is 5.56 Å². The average Bonchev–Trinajstić information content (AvgIpc) is 3.04. The van der Waals surface area contributed by atoms with Gasteiger partial charge in [0.2, 0.25) is 0 Å². The van der Waals surface area contributed by atoms with Crippen LogP contribution < -0.4 is 0 Å². The van der Waals surface area contributed by atoms with Crippen LogP contribution in [0.25, 0.3) is 27.9 Å². The zero-order valence-electron chi connectivity index (χ0n) is 11.1. The minimum absolute atomic E-state index is 0.638. The summed E-state index contributed by atoms with van der Waals surface area (Å²) in [6.07, 6.45) is 3.71. The maximum absolute atomic E-state index is 8.90. The highest BCUT2D eigenvalue weighted by Crippen LogP contribution is 2.25. The Balaban J connectivity index is 2.06. The van der Waals surface area contributed by atoms with Crippen LogP contribution >= 0.6 is 0 Å². The lowest BCUT2D eigenvalue weighted by Gasteiger charge is -2.07. The number of para-hydroxylation sites is 2. The van der Waals surface area contributed by atoms with Crippen LogP contribution in [0.3, 0.4) is 0 Å². The third kappa shape index (κ3) is 1.76. The molecule has 2 heterocycles. The molecule has 21 heavy (non-hydrogen) atoms. The molecule has 0 unspecified atom stereocenters. The van der Waals surface area contributed by atoms with Gasteiger partial charge in [-0.25, -0.2) is 9.97 Å². The van der Waals surface area contributed by atoms with Crippen molar-refractivity contribution in [3.63, 3.8) is 0 Å². The maximum Gasteiger partial charge on any atom is 0.163 e. The Hall–Kier alpha value is -3.19. The molecule has 0 aliphatic carbocycles. The largest absolute Gasteiger partial charge is 0.296 e. The number of nitrogens with zero attached hydrogens (tertiary/aromatic N) is 4. The van der Waals surface area contributed by atoms with E-state index in [-0.39, 0.29) is 0 Å². The first-order valence-corrected chi connectivity index (χ1v) is 6.59. The molecular formula is C17H10N4. The van der Waals surface area contributed by atoms with Gasteiger partial charge in [0.15, 0.2) is 5.65 Å². The first-order chi connectivity index (χ1) is 10.4. The van der Waals surface area contributed by atoms with Gasteiger partial charge >= 0.3 is 0 Å². The van der Waals surface area contributed by atoms with Crippen molar-refractivity contribution in [1.29, 1.82) is 5.26 Å². The Labute approximate surface area is 120 Å². The number of rotatable bonds is 1. The molecule has 0 bridgehead atoms. The summed E-state index contributed by atoms with van der Waals surface area (Å²) in [5, 5.41) is 8.90. The third-order valence-electron chi connectivity index (χ3n) is 3.51. The lowest BCUT2D eigenvalue weighted by molar-refractivity contribution is 1.21. The molecule has 0 radical (unpaired) electrons. The van der Waals surface area contributed by atoms with Crippen LogP contribution in [0.5, 0.6) is 0 Å². The second kappa shape index (κ2) is 4.43. The van der Waals surface area contributed by atoms with Crippen molar-refractivity contribution in [1.82, 2.24) is 14.4 Å². The van der Waals surface area contributed by atoms with Crippen LogP contribution in [0.4, 0.5) is 0 Å². The number of hydrogen-bond acceptors (Lipinski definition) is 3. The van der Waals surface area contributed by atoms with Gasteiger partial charge in [-0.3, -0.25) is 4.40 Å². The third-order valence-corrected chi connectivity index (χ3v) is 3.51. The molecule has 2 aromatic carbocycles. The number of benzene rings is 2. The number of fused-ring (bicyclic) bond motifs is 3. The lowest BCUT2D eigenvalue weighted by Crippen LogP contribution is -1.95. The van der Waals surface area contributed by atoms with E-state index >= 15 is 0 Å². The van der Waals surface area contributed by atoms with Crippen molar-refractivity contribution in [3.05, 3.63) is 66.5 Å². The molecule has 4 aromatic rings. The smallest absolute Gasteiger partial charge is 0.163 e. The predicted molar refractivity (Wildman–Crippen MR) is 80.6 cm³/mol. The Morgan fingerprint density at radius 2 is 1.81 bits per heavy atom. The van der Waals surface area contributed by atoms with Crippen LogP contribution in [-0.2, 0) is 0 Å². The van der Waals surface area contributed by atoms with Gasteiger partial charge in [-0.1, -0.05) is 24.3 Å². The van der Waals surface area contributed by atoms with E-state index < -0.39 is 0 Å². The molecule has 0 N–H and O–H groups in total. The molecule has 0 saturated heterocycles. The van der Waals surface area contributed by atoms with Crippen LogP contribution in [0.2, 0.25) is 0 Å². The molecule has 0 spiro atoms. The molecular weight excluding hydrogens is 260 g/mol. The average molecular weight is 270 g/mol. The van der Waals surface area contributed by atoms with Crippen molar-refractivity contribution < 1.29 is 0 Å². The van der Waals surface area contributed by atoms with Gasteiger partial charge in [-0.05, 0) is 24.3 Å². The van der Waals surface area contributed by atoms with Crippen molar-refractivity contribution in [2.75, 3.05) is 0 Å². The quantitative estimate of drug-likeness (QED) is 0.532. The van der Waals surface area contributed by atoms with E-state index in [2.05, 4.69) is 11.1 Å². The number of imidazole rings is 1. The molecule has 0 atom stereocenters. The minimum atomic E-state index is 0.638. The number of hydrogen-bond donors (Lipinski definition) is 0. The molecule has 4 heteroatoms. The summed E-state index contributed by atoms with van der Waals surface area (Å²) in [6.45, 7) is 0. The predicted octanol–water partition coefficient (Wildman–Crippen LogP) is 3.42. The lowest BCUT2D eigenvalue weighted by atomic mass is 10.1. The summed E-state index contributed by atoms with van der Waals surface area (Å²) in [6, 6.07) is 17.5. The van der Waals surface area contributed by atoms with Crippen molar-refractivity contribution >= 4 is 16.7 Å². The van der Waals surface area contributed by atoms with Crippen molar-refractivity contribution in [2.24, 2.45) is 0 Å². The Morgan fingerprint density at radius 1 is 1.00 bits per heavy atom. The fourth-order valence-electron chi connectivity index (χ4n) is 2.50. The van der Waals surface area contributed by atoms with Crippen LogP contribution in [0.15, 0.2) is 60.9 Å². The van der Waals surface area contributed by atoms with Gasteiger partial charge in [0.05, 0.1) is 22.7 Å². The van der Waals surface area contributed by atoms with E-state index in [0.29, 0.717) is 5.56 Å². The normalized spacial score (nSPS) is 10.8. The zero-order chi connectivity index (χ0) is 14.2. The van der Waals surface area contributed by atoms with Crippen molar-refractivity contribution in [3.8, 4) is 17.3 Å². The monoisotopic (exact) mass is 270 g/mol. The van der Waals surface area contributed by atoms with Crippen molar-refractivity contribution in [2.45, 2.75) is 0 Å². The first kappa shape index (κ1) is 11.6. The molecule has 4 nitrogen and oxygen atoms in total. The standard InChI is InChI=1S/C17H10N4/c18-11-12-5-7-13(8-6-12)16-17-19-9-10-21(17)15-4-2-1-3-14(15)20-16/h1-10H. The highest BCUT2D eigenvalue weighted by Gasteiger charge is 2.10. The Kier molecular flexibility index (Phi) is 2.45. The van der Waals surface area contributed by atoms with E-state index in [1.165, 1.54) is 0 Å².